The van der Waals surface area contributed by atoms with Gasteiger partial charge in [0.05, 0.1) is 6.17 Å². The zero-order valence-electron chi connectivity index (χ0n) is 9.61. The van der Waals surface area contributed by atoms with E-state index in [0.717, 1.165) is 13.0 Å². The highest BCUT2D eigenvalue weighted by atomic mass is 15.3. The zero-order chi connectivity index (χ0) is 11.1. The molecule has 0 fully saturated rings. The molecular formula is C13H20N2. The molecule has 1 N–H and O–H groups in total. The van der Waals surface area contributed by atoms with Gasteiger partial charge in [-0.15, -0.1) is 0 Å². The molecule has 0 radical (unpaired) electrons. The Morgan fingerprint density at radius 1 is 1.60 bits per heavy atom. The fourth-order valence-corrected chi connectivity index (χ4v) is 1.58. The molecule has 1 aliphatic heterocycles. The van der Waals surface area contributed by atoms with Crippen molar-refractivity contribution in [2.75, 3.05) is 6.54 Å². The highest BCUT2D eigenvalue weighted by molar-refractivity contribution is 5.24. The number of hydrogen-bond donors (Lipinski definition) is 1. The highest BCUT2D eigenvalue weighted by Crippen LogP contribution is 2.11. The molecule has 1 aliphatic rings. The Morgan fingerprint density at radius 2 is 2.40 bits per heavy atom. The first kappa shape index (κ1) is 11.6. The first-order valence-electron chi connectivity index (χ1n) is 5.44. The minimum atomic E-state index is 0.430. The molecule has 0 aliphatic carbocycles. The van der Waals surface area contributed by atoms with Gasteiger partial charge in [0.15, 0.2) is 0 Å². The van der Waals surface area contributed by atoms with Crippen molar-refractivity contribution >= 4 is 0 Å². The highest BCUT2D eigenvalue weighted by Gasteiger charge is 2.15. The molecule has 0 amide bonds. The molecular weight excluding hydrogens is 184 g/mol. The minimum absolute atomic E-state index is 0.430. The second-order valence-corrected chi connectivity index (χ2v) is 3.55. The maximum Gasteiger partial charge on any atom is 0.0982 e. The Morgan fingerprint density at radius 3 is 3.00 bits per heavy atom. The zero-order valence-corrected chi connectivity index (χ0v) is 9.61. The van der Waals surface area contributed by atoms with Crippen molar-refractivity contribution < 1.29 is 0 Å². The molecule has 2 heteroatoms. The van der Waals surface area contributed by atoms with Crippen LogP contribution >= 0.6 is 0 Å². The van der Waals surface area contributed by atoms with Gasteiger partial charge in [-0.05, 0) is 18.9 Å². The molecule has 1 heterocycles. The van der Waals surface area contributed by atoms with Crippen LogP contribution in [0, 0.1) is 0 Å². The molecule has 2 nitrogen and oxygen atoms in total. The standard InChI is InChI=1S/C13H20N2/c1-4-7-8-12(5-2)11-15-10-9-14-13(15)6-3/h4-5,7-10,13-14H,2,6,11H2,1,3H3/b7-4-,12-8+. The summed E-state index contributed by atoms with van der Waals surface area (Å²) >= 11 is 0. The number of allylic oxidation sites excluding steroid dienone is 3. The average Bonchev–Trinajstić information content (AvgIpc) is 2.71. The van der Waals surface area contributed by atoms with E-state index >= 15 is 0 Å². The molecule has 0 aromatic heterocycles. The first-order chi connectivity index (χ1) is 7.31. The number of nitrogens with zero attached hydrogens (tertiary/aromatic N) is 1. The van der Waals surface area contributed by atoms with Gasteiger partial charge in [0.2, 0.25) is 0 Å². The second-order valence-electron chi connectivity index (χ2n) is 3.55. The average molecular weight is 204 g/mol. The first-order valence-corrected chi connectivity index (χ1v) is 5.44. The summed E-state index contributed by atoms with van der Waals surface area (Å²) in [4.78, 5) is 2.29. The quantitative estimate of drug-likeness (QED) is 0.693. The van der Waals surface area contributed by atoms with Gasteiger partial charge in [0, 0.05) is 18.9 Å². The maximum absolute atomic E-state index is 3.83. The van der Waals surface area contributed by atoms with Crippen molar-refractivity contribution in [2.45, 2.75) is 26.4 Å². The number of nitrogens with one attached hydrogen (secondary N) is 1. The van der Waals surface area contributed by atoms with Gasteiger partial charge in [-0.2, -0.15) is 0 Å². The summed E-state index contributed by atoms with van der Waals surface area (Å²) in [5, 5.41) is 3.31. The number of hydrogen-bond acceptors (Lipinski definition) is 2. The summed E-state index contributed by atoms with van der Waals surface area (Å²) in [6, 6.07) is 0. The van der Waals surface area contributed by atoms with E-state index in [0.29, 0.717) is 6.17 Å². The summed E-state index contributed by atoms with van der Waals surface area (Å²) in [7, 11) is 0. The third-order valence-corrected chi connectivity index (χ3v) is 2.47. The third kappa shape index (κ3) is 3.31. The lowest BCUT2D eigenvalue weighted by atomic mass is 10.2. The lowest BCUT2D eigenvalue weighted by molar-refractivity contribution is 0.292. The Hall–Kier alpha value is -1.44. The molecule has 0 bridgehead atoms. The number of rotatable bonds is 5. The second kappa shape index (κ2) is 6.12. The lowest BCUT2D eigenvalue weighted by Crippen LogP contribution is -2.35. The van der Waals surface area contributed by atoms with Crippen molar-refractivity contribution in [3.05, 3.63) is 48.9 Å². The van der Waals surface area contributed by atoms with Gasteiger partial charge in [-0.3, -0.25) is 0 Å². The van der Waals surface area contributed by atoms with Crippen LogP contribution < -0.4 is 5.32 Å². The molecule has 1 unspecified atom stereocenters. The van der Waals surface area contributed by atoms with E-state index in [1.54, 1.807) is 0 Å². The lowest BCUT2D eigenvalue weighted by Gasteiger charge is -2.24. The van der Waals surface area contributed by atoms with Gasteiger partial charge in [-0.25, -0.2) is 0 Å². The van der Waals surface area contributed by atoms with Crippen LogP contribution in [0.3, 0.4) is 0 Å². The molecule has 15 heavy (non-hydrogen) atoms. The Bertz CT molecular complexity index is 287. The summed E-state index contributed by atoms with van der Waals surface area (Å²) in [6.45, 7) is 8.94. The van der Waals surface area contributed by atoms with Gasteiger partial charge in [-0.1, -0.05) is 37.8 Å². The molecule has 0 saturated carbocycles. The summed E-state index contributed by atoms with van der Waals surface area (Å²) < 4.78 is 0. The van der Waals surface area contributed by atoms with Crippen LogP contribution in [0.2, 0.25) is 0 Å². The van der Waals surface area contributed by atoms with Gasteiger partial charge in [0.1, 0.15) is 0 Å². The van der Waals surface area contributed by atoms with E-state index in [4.69, 9.17) is 0 Å². The van der Waals surface area contributed by atoms with Crippen LogP contribution in [0.15, 0.2) is 48.9 Å². The largest absolute Gasteiger partial charge is 0.370 e. The maximum atomic E-state index is 3.83. The fraction of sp³-hybridized carbons (Fsp3) is 0.385. The third-order valence-electron chi connectivity index (χ3n) is 2.47. The smallest absolute Gasteiger partial charge is 0.0982 e. The van der Waals surface area contributed by atoms with E-state index in [2.05, 4.69) is 36.0 Å². The van der Waals surface area contributed by atoms with E-state index in [-0.39, 0.29) is 0 Å². The Kier molecular flexibility index (Phi) is 4.75. The van der Waals surface area contributed by atoms with E-state index in [1.807, 2.05) is 31.4 Å². The van der Waals surface area contributed by atoms with Crippen molar-refractivity contribution in [3.63, 3.8) is 0 Å². The Labute approximate surface area is 92.7 Å². The Balaban J connectivity index is 2.58. The van der Waals surface area contributed by atoms with Crippen LogP contribution in [0.1, 0.15) is 20.3 Å². The van der Waals surface area contributed by atoms with E-state index in [1.165, 1.54) is 5.57 Å². The SMILES string of the molecule is C=C/C(=C\C=C/C)CN1C=CNC1CC. The molecule has 0 spiro atoms. The predicted molar refractivity (Wildman–Crippen MR) is 66.2 cm³/mol. The predicted octanol–water partition coefficient (Wildman–Crippen LogP) is 2.79. The van der Waals surface area contributed by atoms with Gasteiger partial charge < -0.3 is 10.2 Å². The van der Waals surface area contributed by atoms with Gasteiger partial charge >= 0.3 is 0 Å². The normalized spacial score (nSPS) is 21.1. The topological polar surface area (TPSA) is 15.3 Å². The van der Waals surface area contributed by atoms with Crippen molar-refractivity contribution in [2.24, 2.45) is 0 Å². The van der Waals surface area contributed by atoms with Crippen LogP contribution in [-0.4, -0.2) is 17.6 Å². The molecule has 1 rings (SSSR count). The van der Waals surface area contributed by atoms with Crippen LogP contribution in [0.25, 0.3) is 0 Å². The molecule has 0 saturated heterocycles. The van der Waals surface area contributed by atoms with Crippen molar-refractivity contribution in [1.82, 2.24) is 10.2 Å². The summed E-state index contributed by atoms with van der Waals surface area (Å²) in [6.07, 6.45) is 13.7. The molecule has 0 aromatic rings. The van der Waals surface area contributed by atoms with E-state index in [9.17, 15) is 0 Å². The molecule has 1 atom stereocenters. The minimum Gasteiger partial charge on any atom is -0.370 e. The van der Waals surface area contributed by atoms with Crippen LogP contribution in [0.5, 0.6) is 0 Å². The fourth-order valence-electron chi connectivity index (χ4n) is 1.58. The molecule has 82 valence electrons. The van der Waals surface area contributed by atoms with E-state index < -0.39 is 0 Å². The van der Waals surface area contributed by atoms with Crippen LogP contribution in [0.4, 0.5) is 0 Å². The summed E-state index contributed by atoms with van der Waals surface area (Å²) in [5.74, 6) is 0. The summed E-state index contributed by atoms with van der Waals surface area (Å²) in [5.41, 5.74) is 1.24. The van der Waals surface area contributed by atoms with Crippen molar-refractivity contribution in [1.29, 1.82) is 0 Å². The van der Waals surface area contributed by atoms with Gasteiger partial charge in [0.25, 0.3) is 0 Å². The monoisotopic (exact) mass is 204 g/mol. The van der Waals surface area contributed by atoms with Crippen molar-refractivity contribution in [3.8, 4) is 0 Å². The van der Waals surface area contributed by atoms with Crippen LogP contribution in [-0.2, 0) is 0 Å². The molecule has 0 aromatic carbocycles.